The minimum atomic E-state index is 0.644. The maximum atomic E-state index is 9.02. The highest BCUT2D eigenvalue weighted by molar-refractivity contribution is 7.80. The van der Waals surface area contributed by atoms with Gasteiger partial charge in [0.15, 0.2) is 0 Å². The van der Waals surface area contributed by atoms with Crippen molar-refractivity contribution in [1.29, 1.82) is 5.26 Å². The fraction of sp³-hybridized carbons (Fsp3) is 0.0909. The van der Waals surface area contributed by atoms with Crippen LogP contribution in [0.4, 0.5) is 0 Å². The highest BCUT2D eigenvalue weighted by atomic mass is 32.9. The van der Waals surface area contributed by atoms with E-state index in [4.69, 9.17) is 17.5 Å². The summed E-state index contributed by atoms with van der Waals surface area (Å²) in [6.45, 7) is 2.04. The smallest absolute Gasteiger partial charge is 0.120 e. The average molecular weight is 249 g/mol. The number of hydrogen-bond donors (Lipinski definition) is 0. The maximum Gasteiger partial charge on any atom is 0.120 e. The summed E-state index contributed by atoms with van der Waals surface area (Å²) >= 11 is 5.11. The molecule has 0 bridgehead atoms. The van der Waals surface area contributed by atoms with E-state index in [-0.39, 0.29) is 0 Å². The summed E-state index contributed by atoms with van der Waals surface area (Å²) < 4.78 is 0.694. The molecule has 2 aromatic rings. The first-order chi connectivity index (χ1) is 7.22. The van der Waals surface area contributed by atoms with Gasteiger partial charge in [-0.05, 0) is 12.5 Å². The lowest BCUT2D eigenvalue weighted by molar-refractivity contribution is 1.47. The van der Waals surface area contributed by atoms with Crippen molar-refractivity contribution in [1.82, 2.24) is 0 Å². The molecular formula is C11H7NS3. The molecule has 0 amide bonds. The fourth-order valence-electron chi connectivity index (χ4n) is 1.33. The predicted molar refractivity (Wildman–Crippen MR) is 67.9 cm³/mol. The second-order valence-corrected chi connectivity index (χ2v) is 5.96. The zero-order chi connectivity index (χ0) is 10.8. The topological polar surface area (TPSA) is 23.8 Å². The zero-order valence-electron chi connectivity index (χ0n) is 7.98. The molecule has 1 heterocycles. The first-order valence-corrected chi connectivity index (χ1v) is 6.88. The Morgan fingerprint density at radius 1 is 1.33 bits per heavy atom. The van der Waals surface area contributed by atoms with Crippen molar-refractivity contribution in [3.05, 3.63) is 39.2 Å². The molecular weight excluding hydrogens is 242 g/mol. The van der Waals surface area contributed by atoms with Gasteiger partial charge in [-0.1, -0.05) is 62.7 Å². The highest BCUT2D eigenvalue weighted by Crippen LogP contribution is 2.34. The van der Waals surface area contributed by atoms with Crippen molar-refractivity contribution < 1.29 is 0 Å². The average Bonchev–Trinajstić information content (AvgIpc) is 2.59. The van der Waals surface area contributed by atoms with Crippen molar-refractivity contribution >= 4 is 32.9 Å². The van der Waals surface area contributed by atoms with Gasteiger partial charge in [0, 0.05) is 0 Å². The third-order valence-electron chi connectivity index (χ3n) is 2.02. The molecule has 0 radical (unpaired) electrons. The molecule has 0 spiro atoms. The normalized spacial score (nSPS) is 9.87. The van der Waals surface area contributed by atoms with Crippen LogP contribution in [0.15, 0.2) is 24.3 Å². The predicted octanol–water partition coefficient (Wildman–Crippen LogP) is 4.39. The first kappa shape index (κ1) is 10.5. The maximum absolute atomic E-state index is 9.02. The van der Waals surface area contributed by atoms with Crippen LogP contribution in [0.1, 0.15) is 11.1 Å². The summed E-state index contributed by atoms with van der Waals surface area (Å²) in [5.74, 6) is 0. The number of nitriles is 1. The highest BCUT2D eigenvalue weighted by Gasteiger charge is 2.09. The second-order valence-electron chi connectivity index (χ2n) is 3.14. The molecule has 0 fully saturated rings. The summed E-state index contributed by atoms with van der Waals surface area (Å²) in [6, 6.07) is 10.3. The van der Waals surface area contributed by atoms with Gasteiger partial charge in [-0.15, -0.1) is 0 Å². The van der Waals surface area contributed by atoms with E-state index < -0.39 is 0 Å². The fourth-order valence-corrected chi connectivity index (χ4v) is 4.02. The molecule has 0 aliphatic rings. The van der Waals surface area contributed by atoms with Crippen molar-refractivity contribution in [3.63, 3.8) is 0 Å². The van der Waals surface area contributed by atoms with E-state index in [2.05, 4.69) is 12.1 Å². The largest absolute Gasteiger partial charge is 0.192 e. The molecule has 1 nitrogen and oxygen atoms in total. The van der Waals surface area contributed by atoms with Gasteiger partial charge < -0.3 is 0 Å². The lowest BCUT2D eigenvalue weighted by atomic mass is 10.1. The molecule has 2 rings (SSSR count). The van der Waals surface area contributed by atoms with Gasteiger partial charge in [-0.3, -0.25) is 0 Å². The minimum absolute atomic E-state index is 0.644. The molecule has 1 aromatic heterocycles. The van der Waals surface area contributed by atoms with Gasteiger partial charge in [0.2, 0.25) is 0 Å². The summed E-state index contributed by atoms with van der Waals surface area (Å²) in [5.41, 5.74) is 2.93. The molecule has 0 unspecified atom stereocenters. The number of benzene rings is 1. The van der Waals surface area contributed by atoms with Crippen LogP contribution in [0.5, 0.6) is 0 Å². The monoisotopic (exact) mass is 249 g/mol. The lowest BCUT2D eigenvalue weighted by Gasteiger charge is -1.98. The Bertz CT molecular complexity index is 586. The number of aryl methyl sites for hydroxylation is 1. The number of nitrogens with zero attached hydrogens (tertiary/aromatic N) is 1. The molecule has 0 aliphatic heterocycles. The van der Waals surface area contributed by atoms with Crippen LogP contribution in [0.3, 0.4) is 0 Å². The lowest BCUT2D eigenvalue weighted by Crippen LogP contribution is -1.79. The van der Waals surface area contributed by atoms with E-state index in [1.54, 1.807) is 10.3 Å². The summed E-state index contributed by atoms with van der Waals surface area (Å²) in [6.07, 6.45) is 0. The molecule has 1 aromatic carbocycles. The van der Waals surface area contributed by atoms with Gasteiger partial charge in [0.25, 0.3) is 0 Å². The van der Waals surface area contributed by atoms with Crippen LogP contribution < -0.4 is 0 Å². The van der Waals surface area contributed by atoms with Crippen molar-refractivity contribution in [3.8, 4) is 16.5 Å². The molecule has 0 aliphatic carbocycles. The molecule has 0 N–H and O–H groups in total. The molecule has 0 saturated carbocycles. The van der Waals surface area contributed by atoms with Gasteiger partial charge in [-0.25, -0.2) is 0 Å². The van der Waals surface area contributed by atoms with Crippen LogP contribution in [0.2, 0.25) is 0 Å². The Morgan fingerprint density at radius 3 is 2.80 bits per heavy atom. The third kappa shape index (κ3) is 2.00. The van der Waals surface area contributed by atoms with Gasteiger partial charge in [0.1, 0.15) is 9.89 Å². The van der Waals surface area contributed by atoms with E-state index in [0.717, 1.165) is 10.4 Å². The Morgan fingerprint density at radius 2 is 2.13 bits per heavy atom. The third-order valence-corrected chi connectivity index (χ3v) is 5.09. The van der Waals surface area contributed by atoms with Crippen molar-refractivity contribution in [2.24, 2.45) is 0 Å². The summed E-state index contributed by atoms with van der Waals surface area (Å²) in [5, 5.41) is 9.02. The number of rotatable bonds is 1. The van der Waals surface area contributed by atoms with E-state index in [9.17, 15) is 0 Å². The molecule has 0 atom stereocenters. The molecule has 74 valence electrons. The van der Waals surface area contributed by atoms with Crippen LogP contribution in [0.25, 0.3) is 10.4 Å². The standard InChI is InChI=1S/C11H7NS3/c1-7-3-2-4-8(5-7)10-9(6-12)11(13)15-14-10/h2-5H,1H3. The molecule has 0 saturated heterocycles. The van der Waals surface area contributed by atoms with Crippen LogP contribution in [-0.2, 0) is 0 Å². The van der Waals surface area contributed by atoms with Crippen LogP contribution in [0, 0.1) is 22.1 Å². The van der Waals surface area contributed by atoms with Gasteiger partial charge in [-0.2, -0.15) is 5.26 Å². The van der Waals surface area contributed by atoms with Crippen LogP contribution >= 0.6 is 32.9 Å². The SMILES string of the molecule is Cc1cccc(-c2ssc(=S)c2C#N)c1. The quantitative estimate of drug-likeness (QED) is 0.553. The Kier molecular flexibility index (Phi) is 2.96. The first-order valence-electron chi connectivity index (χ1n) is 4.32. The molecule has 15 heavy (non-hydrogen) atoms. The Hall–Kier alpha value is -1.02. The van der Waals surface area contributed by atoms with E-state index in [0.29, 0.717) is 9.39 Å². The summed E-state index contributed by atoms with van der Waals surface area (Å²) in [4.78, 5) is 0.996. The minimum Gasteiger partial charge on any atom is -0.192 e. The van der Waals surface area contributed by atoms with Crippen molar-refractivity contribution in [2.75, 3.05) is 0 Å². The van der Waals surface area contributed by atoms with Gasteiger partial charge in [0.05, 0.1) is 10.4 Å². The van der Waals surface area contributed by atoms with Crippen molar-refractivity contribution in [2.45, 2.75) is 6.92 Å². The van der Waals surface area contributed by atoms with E-state index >= 15 is 0 Å². The second kappa shape index (κ2) is 4.23. The van der Waals surface area contributed by atoms with Crippen LogP contribution in [-0.4, -0.2) is 0 Å². The number of hydrogen-bond acceptors (Lipinski definition) is 4. The molecule has 4 heteroatoms. The zero-order valence-corrected chi connectivity index (χ0v) is 10.4. The summed E-state index contributed by atoms with van der Waals surface area (Å²) in [7, 11) is 3.07. The Labute approximate surface area is 101 Å². The van der Waals surface area contributed by atoms with E-state index in [1.165, 1.54) is 15.9 Å². The van der Waals surface area contributed by atoms with E-state index in [1.807, 2.05) is 25.1 Å². The van der Waals surface area contributed by atoms with Gasteiger partial charge >= 0.3 is 0 Å². The Balaban J connectivity index is 2.65.